The molecule has 0 radical (unpaired) electrons. The quantitative estimate of drug-likeness (QED) is 0.832. The predicted octanol–water partition coefficient (Wildman–Crippen LogP) is 3.52. The molecule has 0 aromatic rings. The van der Waals surface area contributed by atoms with Crippen molar-refractivity contribution in [2.45, 2.75) is 76.4 Å². The maximum atomic E-state index is 9.33. The van der Waals surface area contributed by atoms with Crippen LogP contribution in [0.3, 0.4) is 0 Å². The number of hydrogen-bond acceptors (Lipinski definition) is 2. The Morgan fingerprint density at radius 3 is 2.50 bits per heavy atom. The van der Waals surface area contributed by atoms with Crippen molar-refractivity contribution in [1.29, 1.82) is 0 Å². The van der Waals surface area contributed by atoms with Gasteiger partial charge in [-0.1, -0.05) is 12.8 Å². The zero-order valence-corrected chi connectivity index (χ0v) is 12.0. The minimum atomic E-state index is 0.0267. The SMILES string of the molecule is CC1(C)O[C@@]2(C3CCCC3)CC[C@@H]1[C@H](CCO)C2. The molecule has 1 N–H and O–H groups in total. The Bertz CT molecular complexity index is 306. The smallest absolute Gasteiger partial charge is 0.0720 e. The molecule has 104 valence electrons. The highest BCUT2D eigenvalue weighted by atomic mass is 16.5. The van der Waals surface area contributed by atoms with E-state index >= 15 is 0 Å². The van der Waals surface area contributed by atoms with E-state index < -0.39 is 0 Å². The van der Waals surface area contributed by atoms with Crippen molar-refractivity contribution in [1.82, 2.24) is 0 Å². The second kappa shape index (κ2) is 4.49. The predicted molar refractivity (Wildman–Crippen MR) is 72.4 cm³/mol. The van der Waals surface area contributed by atoms with E-state index in [-0.39, 0.29) is 11.2 Å². The molecule has 0 aromatic heterocycles. The van der Waals surface area contributed by atoms with E-state index in [1.807, 2.05) is 0 Å². The van der Waals surface area contributed by atoms with Crippen LogP contribution in [-0.4, -0.2) is 22.9 Å². The second-order valence-electron chi connectivity index (χ2n) is 7.37. The molecule has 2 heteroatoms. The molecule has 18 heavy (non-hydrogen) atoms. The van der Waals surface area contributed by atoms with Gasteiger partial charge in [-0.2, -0.15) is 0 Å². The molecular formula is C16H28O2. The molecule has 2 saturated heterocycles. The van der Waals surface area contributed by atoms with E-state index in [1.165, 1.54) is 44.9 Å². The van der Waals surface area contributed by atoms with Gasteiger partial charge in [0.05, 0.1) is 11.2 Å². The van der Waals surface area contributed by atoms with Crippen LogP contribution in [0, 0.1) is 17.8 Å². The Morgan fingerprint density at radius 1 is 1.17 bits per heavy atom. The van der Waals surface area contributed by atoms with Gasteiger partial charge in [-0.3, -0.25) is 0 Å². The van der Waals surface area contributed by atoms with Crippen LogP contribution in [-0.2, 0) is 4.74 Å². The van der Waals surface area contributed by atoms with Crippen LogP contribution in [0.25, 0.3) is 0 Å². The van der Waals surface area contributed by atoms with Crippen molar-refractivity contribution in [2.24, 2.45) is 17.8 Å². The maximum Gasteiger partial charge on any atom is 0.0720 e. The zero-order chi connectivity index (χ0) is 12.8. The second-order valence-corrected chi connectivity index (χ2v) is 7.37. The van der Waals surface area contributed by atoms with Gasteiger partial charge < -0.3 is 9.84 Å². The van der Waals surface area contributed by atoms with Gasteiger partial charge in [0.2, 0.25) is 0 Å². The van der Waals surface area contributed by atoms with E-state index in [0.717, 1.165) is 12.3 Å². The van der Waals surface area contributed by atoms with E-state index in [2.05, 4.69) is 13.8 Å². The summed E-state index contributed by atoms with van der Waals surface area (Å²) in [5, 5.41) is 9.33. The average Bonchev–Trinajstić information content (AvgIpc) is 2.82. The summed E-state index contributed by atoms with van der Waals surface area (Å²) in [6.45, 7) is 4.91. The summed E-state index contributed by atoms with van der Waals surface area (Å²) in [7, 11) is 0. The number of aliphatic hydroxyl groups is 1. The van der Waals surface area contributed by atoms with Crippen molar-refractivity contribution in [2.75, 3.05) is 6.61 Å². The fourth-order valence-corrected chi connectivity index (χ4v) is 5.31. The monoisotopic (exact) mass is 252 g/mol. The molecule has 4 aliphatic rings. The molecule has 0 aromatic carbocycles. The maximum absolute atomic E-state index is 9.33. The van der Waals surface area contributed by atoms with Crippen LogP contribution in [0.5, 0.6) is 0 Å². The van der Waals surface area contributed by atoms with Gasteiger partial charge in [0.15, 0.2) is 0 Å². The molecule has 2 heterocycles. The van der Waals surface area contributed by atoms with E-state index in [1.54, 1.807) is 0 Å². The molecule has 2 nitrogen and oxygen atoms in total. The van der Waals surface area contributed by atoms with Crippen LogP contribution >= 0.6 is 0 Å². The lowest BCUT2D eigenvalue weighted by Crippen LogP contribution is -2.61. The average molecular weight is 252 g/mol. The summed E-state index contributed by atoms with van der Waals surface area (Å²) >= 11 is 0. The van der Waals surface area contributed by atoms with Gasteiger partial charge in [-0.05, 0) is 70.1 Å². The molecule has 3 atom stereocenters. The van der Waals surface area contributed by atoms with Gasteiger partial charge in [0, 0.05) is 6.61 Å². The first-order valence-corrected chi connectivity index (χ1v) is 7.88. The van der Waals surface area contributed by atoms with Gasteiger partial charge in [0.25, 0.3) is 0 Å². The van der Waals surface area contributed by atoms with Gasteiger partial charge in [-0.15, -0.1) is 0 Å². The Labute approximate surface area is 111 Å². The minimum absolute atomic E-state index is 0.0267. The summed E-state index contributed by atoms with van der Waals surface area (Å²) in [6.07, 6.45) is 10.3. The molecular weight excluding hydrogens is 224 g/mol. The van der Waals surface area contributed by atoms with Crippen LogP contribution in [0.15, 0.2) is 0 Å². The Kier molecular flexibility index (Phi) is 3.22. The van der Waals surface area contributed by atoms with Crippen molar-refractivity contribution < 1.29 is 9.84 Å². The normalized spacial score (nSPS) is 43.5. The fraction of sp³-hybridized carbons (Fsp3) is 1.00. The van der Waals surface area contributed by atoms with Gasteiger partial charge >= 0.3 is 0 Å². The standard InChI is InChI=1S/C16H28O2/c1-15(2)14-7-9-16(18-15,11-12(14)8-10-17)13-5-3-4-6-13/h12-14,17H,3-11H2,1-2H3/t12-,14-,16+/m1/s1. The summed E-state index contributed by atoms with van der Waals surface area (Å²) in [6, 6.07) is 0. The molecule has 0 spiro atoms. The Balaban J connectivity index is 1.85. The molecule has 2 saturated carbocycles. The Hall–Kier alpha value is -0.0800. The topological polar surface area (TPSA) is 29.5 Å². The number of fused-ring (bicyclic) bond motifs is 3. The van der Waals surface area contributed by atoms with Crippen molar-refractivity contribution in [3.05, 3.63) is 0 Å². The highest BCUT2D eigenvalue weighted by molar-refractivity contribution is 5.07. The number of aliphatic hydroxyl groups excluding tert-OH is 1. The van der Waals surface area contributed by atoms with E-state index in [4.69, 9.17) is 4.74 Å². The van der Waals surface area contributed by atoms with Gasteiger partial charge in [-0.25, -0.2) is 0 Å². The molecule has 0 amide bonds. The first kappa shape index (κ1) is 12.9. The van der Waals surface area contributed by atoms with Crippen molar-refractivity contribution in [3.63, 3.8) is 0 Å². The molecule has 2 aliphatic heterocycles. The summed E-state index contributed by atoms with van der Waals surface area (Å²) in [4.78, 5) is 0. The molecule has 4 rings (SSSR count). The van der Waals surface area contributed by atoms with Crippen LogP contribution < -0.4 is 0 Å². The van der Waals surface area contributed by atoms with E-state index in [0.29, 0.717) is 18.4 Å². The summed E-state index contributed by atoms with van der Waals surface area (Å²) in [5.41, 5.74) is 0.188. The van der Waals surface area contributed by atoms with Gasteiger partial charge in [0.1, 0.15) is 0 Å². The number of rotatable bonds is 3. The molecule has 0 unspecified atom stereocenters. The van der Waals surface area contributed by atoms with Crippen molar-refractivity contribution in [3.8, 4) is 0 Å². The molecule has 4 fully saturated rings. The Morgan fingerprint density at radius 2 is 1.89 bits per heavy atom. The van der Waals surface area contributed by atoms with Crippen LogP contribution in [0.1, 0.15) is 65.2 Å². The lowest BCUT2D eigenvalue weighted by atomic mass is 9.58. The van der Waals surface area contributed by atoms with Crippen LogP contribution in [0.4, 0.5) is 0 Å². The minimum Gasteiger partial charge on any atom is -0.396 e. The summed E-state index contributed by atoms with van der Waals surface area (Å²) < 4.78 is 6.64. The largest absolute Gasteiger partial charge is 0.396 e. The fourth-order valence-electron chi connectivity index (χ4n) is 5.31. The van der Waals surface area contributed by atoms with Crippen molar-refractivity contribution >= 4 is 0 Å². The molecule has 2 bridgehead atoms. The van der Waals surface area contributed by atoms with Crippen LogP contribution in [0.2, 0.25) is 0 Å². The lowest BCUT2D eigenvalue weighted by Gasteiger charge is -2.61. The third-order valence-electron chi connectivity index (χ3n) is 6.01. The third-order valence-corrected chi connectivity index (χ3v) is 6.01. The van der Waals surface area contributed by atoms with E-state index in [9.17, 15) is 5.11 Å². The highest BCUT2D eigenvalue weighted by Crippen LogP contribution is 2.58. The lowest BCUT2D eigenvalue weighted by molar-refractivity contribution is -0.277. The highest BCUT2D eigenvalue weighted by Gasteiger charge is 2.57. The zero-order valence-electron chi connectivity index (χ0n) is 12.0. The first-order valence-electron chi connectivity index (χ1n) is 7.88. The number of hydrogen-bond donors (Lipinski definition) is 1. The third kappa shape index (κ3) is 1.92. The molecule has 2 aliphatic carbocycles. The number of ether oxygens (including phenoxy) is 1. The first-order chi connectivity index (χ1) is 8.57. The summed E-state index contributed by atoms with van der Waals surface area (Å²) in [5.74, 6) is 2.14.